The summed E-state index contributed by atoms with van der Waals surface area (Å²) in [4.78, 5) is 37.5. The molecule has 5 rings (SSSR count). The molecule has 3 heterocycles. The monoisotopic (exact) mass is 486 g/mol. The highest BCUT2D eigenvalue weighted by atomic mass is 16.5. The van der Waals surface area contributed by atoms with Crippen LogP contribution in [0.3, 0.4) is 0 Å². The zero-order valence-electron chi connectivity index (χ0n) is 20.5. The van der Waals surface area contributed by atoms with Gasteiger partial charge in [0.15, 0.2) is 0 Å². The van der Waals surface area contributed by atoms with E-state index in [-0.39, 0.29) is 18.2 Å². The lowest BCUT2D eigenvalue weighted by Crippen LogP contribution is -2.51. The molecule has 2 amide bonds. The third-order valence-electron chi connectivity index (χ3n) is 7.01. The molecule has 2 aliphatic heterocycles. The average molecular weight is 487 g/mol. The van der Waals surface area contributed by atoms with Gasteiger partial charge in [-0.05, 0) is 54.1 Å². The summed E-state index contributed by atoms with van der Waals surface area (Å²) >= 11 is 0. The molecule has 0 saturated carbocycles. The van der Waals surface area contributed by atoms with Gasteiger partial charge in [-0.25, -0.2) is 4.98 Å². The molecule has 2 saturated heterocycles. The topological polar surface area (TPSA) is 75.2 Å². The molecule has 0 bridgehead atoms. The Balaban J connectivity index is 1.40. The lowest BCUT2D eigenvalue weighted by atomic mass is 9.91. The van der Waals surface area contributed by atoms with E-state index in [1.165, 1.54) is 0 Å². The van der Waals surface area contributed by atoms with Gasteiger partial charge >= 0.3 is 0 Å². The summed E-state index contributed by atoms with van der Waals surface area (Å²) in [6.07, 6.45) is 1.95. The molecule has 0 spiro atoms. The van der Waals surface area contributed by atoms with E-state index in [4.69, 9.17) is 9.47 Å². The highest BCUT2D eigenvalue weighted by molar-refractivity contribution is 6.01. The second-order valence-corrected chi connectivity index (χ2v) is 8.99. The van der Waals surface area contributed by atoms with Crippen LogP contribution in [0.1, 0.15) is 18.0 Å². The Labute approximate surface area is 211 Å². The van der Waals surface area contributed by atoms with Crippen LogP contribution in [0.2, 0.25) is 0 Å². The van der Waals surface area contributed by atoms with Crippen LogP contribution < -0.4 is 19.3 Å². The molecule has 1 aromatic heterocycles. The number of anilines is 2. The molecule has 8 nitrogen and oxygen atoms in total. The number of ether oxygens (including phenoxy) is 2. The van der Waals surface area contributed by atoms with Gasteiger partial charge in [-0.1, -0.05) is 18.2 Å². The van der Waals surface area contributed by atoms with Crippen molar-refractivity contribution < 1.29 is 19.1 Å². The van der Waals surface area contributed by atoms with Crippen molar-refractivity contribution in [3.05, 3.63) is 78.5 Å². The second-order valence-electron chi connectivity index (χ2n) is 8.99. The van der Waals surface area contributed by atoms with Crippen molar-refractivity contribution in [3.8, 4) is 11.5 Å². The largest absolute Gasteiger partial charge is 0.497 e. The fourth-order valence-corrected chi connectivity index (χ4v) is 5.12. The summed E-state index contributed by atoms with van der Waals surface area (Å²) in [5.74, 6) is 1.83. The van der Waals surface area contributed by atoms with Gasteiger partial charge in [-0.15, -0.1) is 0 Å². The first kappa shape index (κ1) is 23.7. The third kappa shape index (κ3) is 4.58. The van der Waals surface area contributed by atoms with Gasteiger partial charge in [0, 0.05) is 44.5 Å². The van der Waals surface area contributed by atoms with E-state index in [0.717, 1.165) is 22.8 Å². The maximum Gasteiger partial charge on any atom is 0.228 e. The van der Waals surface area contributed by atoms with Crippen LogP contribution in [-0.2, 0) is 9.59 Å². The van der Waals surface area contributed by atoms with Gasteiger partial charge in [0.1, 0.15) is 17.3 Å². The lowest BCUT2D eigenvalue weighted by Gasteiger charge is -2.37. The Kier molecular flexibility index (Phi) is 6.75. The van der Waals surface area contributed by atoms with Gasteiger partial charge < -0.3 is 24.2 Å². The molecular weight excluding hydrogens is 456 g/mol. The molecule has 2 fully saturated rings. The number of nitrogens with zero attached hydrogens (tertiary/aromatic N) is 4. The maximum atomic E-state index is 13.8. The number of hydrogen-bond acceptors (Lipinski definition) is 6. The number of carbonyl (C=O) groups excluding carboxylic acids is 2. The van der Waals surface area contributed by atoms with Crippen molar-refractivity contribution >= 4 is 23.3 Å². The highest BCUT2D eigenvalue weighted by Gasteiger charge is 2.46. The number of pyridine rings is 1. The molecule has 2 aliphatic rings. The van der Waals surface area contributed by atoms with Gasteiger partial charge in [-0.3, -0.25) is 9.59 Å². The Bertz CT molecular complexity index is 1190. The standard InChI is InChI=1S/C28H30N4O4/c1-35-22-10-6-20(7-11-22)27-24(19-26(33)32(27)21-8-12-23(36-2)13-9-21)28(34)31-17-15-30(16-18-31)25-5-3-4-14-29-25/h3-14,24,27H,15-19H2,1-2H3/t24-,27-/m0/s1. The smallest absolute Gasteiger partial charge is 0.228 e. The normalized spacial score (nSPS) is 19.9. The molecule has 2 atom stereocenters. The Hall–Kier alpha value is -4.07. The molecule has 3 aromatic rings. The van der Waals surface area contributed by atoms with Crippen LogP contribution in [0.4, 0.5) is 11.5 Å². The first-order valence-corrected chi connectivity index (χ1v) is 12.1. The van der Waals surface area contributed by atoms with E-state index < -0.39 is 12.0 Å². The van der Waals surface area contributed by atoms with Crippen LogP contribution in [-0.4, -0.2) is 62.1 Å². The molecule has 186 valence electrons. The number of benzene rings is 2. The predicted molar refractivity (Wildman–Crippen MR) is 137 cm³/mol. The maximum absolute atomic E-state index is 13.8. The van der Waals surface area contributed by atoms with Gasteiger partial charge in [-0.2, -0.15) is 0 Å². The van der Waals surface area contributed by atoms with Crippen LogP contribution >= 0.6 is 0 Å². The van der Waals surface area contributed by atoms with Crippen LogP contribution in [0, 0.1) is 5.92 Å². The summed E-state index contributed by atoms with van der Waals surface area (Å²) < 4.78 is 10.6. The third-order valence-corrected chi connectivity index (χ3v) is 7.01. The molecule has 8 heteroatoms. The zero-order chi connectivity index (χ0) is 25.1. The molecule has 0 radical (unpaired) electrons. The Morgan fingerprint density at radius 2 is 1.50 bits per heavy atom. The number of carbonyl (C=O) groups is 2. The van der Waals surface area contributed by atoms with Crippen molar-refractivity contribution in [2.75, 3.05) is 50.2 Å². The summed E-state index contributed by atoms with van der Waals surface area (Å²) in [5, 5.41) is 0. The van der Waals surface area contributed by atoms with Crippen molar-refractivity contribution in [3.63, 3.8) is 0 Å². The average Bonchev–Trinajstić information content (AvgIpc) is 3.30. The Morgan fingerprint density at radius 3 is 2.08 bits per heavy atom. The van der Waals surface area contributed by atoms with Crippen molar-refractivity contribution in [1.82, 2.24) is 9.88 Å². The van der Waals surface area contributed by atoms with E-state index in [1.54, 1.807) is 25.3 Å². The lowest BCUT2D eigenvalue weighted by molar-refractivity contribution is -0.136. The van der Waals surface area contributed by atoms with E-state index in [1.807, 2.05) is 71.6 Å². The minimum Gasteiger partial charge on any atom is -0.497 e. The summed E-state index contributed by atoms with van der Waals surface area (Å²) in [5.41, 5.74) is 1.65. The minimum atomic E-state index is -0.477. The highest BCUT2D eigenvalue weighted by Crippen LogP contribution is 2.43. The minimum absolute atomic E-state index is 0.0147. The first-order chi connectivity index (χ1) is 17.6. The van der Waals surface area contributed by atoms with Gasteiger partial charge in [0.2, 0.25) is 11.8 Å². The summed E-state index contributed by atoms with van der Waals surface area (Å²) in [6, 6.07) is 20.5. The van der Waals surface area contributed by atoms with Crippen LogP contribution in [0.25, 0.3) is 0 Å². The number of amides is 2. The SMILES string of the molecule is COc1ccc([C@H]2[C@@H](C(=O)N3CCN(c4ccccn4)CC3)CC(=O)N2c2ccc(OC)cc2)cc1. The number of piperazine rings is 1. The number of methoxy groups -OCH3 is 2. The molecule has 36 heavy (non-hydrogen) atoms. The Morgan fingerprint density at radius 1 is 0.861 bits per heavy atom. The second kappa shape index (κ2) is 10.3. The predicted octanol–water partition coefficient (Wildman–Crippen LogP) is 3.54. The molecule has 0 unspecified atom stereocenters. The number of rotatable bonds is 6. The number of hydrogen-bond donors (Lipinski definition) is 0. The van der Waals surface area contributed by atoms with Crippen molar-refractivity contribution in [2.45, 2.75) is 12.5 Å². The van der Waals surface area contributed by atoms with Crippen molar-refractivity contribution in [1.29, 1.82) is 0 Å². The van der Waals surface area contributed by atoms with E-state index in [0.29, 0.717) is 31.9 Å². The van der Waals surface area contributed by atoms with Gasteiger partial charge in [0.05, 0.1) is 26.2 Å². The first-order valence-electron chi connectivity index (χ1n) is 12.1. The fourth-order valence-electron chi connectivity index (χ4n) is 5.12. The van der Waals surface area contributed by atoms with Crippen molar-refractivity contribution in [2.24, 2.45) is 5.92 Å². The number of aromatic nitrogens is 1. The summed E-state index contributed by atoms with van der Waals surface area (Å²) in [7, 11) is 3.23. The quantitative estimate of drug-likeness (QED) is 0.531. The van der Waals surface area contributed by atoms with E-state index in [2.05, 4.69) is 9.88 Å². The van der Waals surface area contributed by atoms with Crippen LogP contribution in [0.15, 0.2) is 72.9 Å². The fraction of sp³-hybridized carbons (Fsp3) is 0.321. The van der Waals surface area contributed by atoms with E-state index in [9.17, 15) is 9.59 Å². The molecule has 2 aromatic carbocycles. The van der Waals surface area contributed by atoms with E-state index >= 15 is 0 Å². The zero-order valence-corrected chi connectivity index (χ0v) is 20.5. The summed E-state index contributed by atoms with van der Waals surface area (Å²) in [6.45, 7) is 2.60. The van der Waals surface area contributed by atoms with Gasteiger partial charge in [0.25, 0.3) is 0 Å². The van der Waals surface area contributed by atoms with Crippen LogP contribution in [0.5, 0.6) is 11.5 Å². The molecule has 0 aliphatic carbocycles. The molecule has 0 N–H and O–H groups in total. The molecular formula is C28H30N4O4.